The van der Waals surface area contributed by atoms with Gasteiger partial charge < -0.3 is 15.0 Å². The summed E-state index contributed by atoms with van der Waals surface area (Å²) in [5, 5.41) is 3.02. The SMILES string of the molecule is CN1CCN(C2CCC(NC(=O)OC(C)(C)C)C2)CC1. The summed E-state index contributed by atoms with van der Waals surface area (Å²) in [6, 6.07) is 0.901. The second-order valence-corrected chi connectivity index (χ2v) is 7.15. The molecule has 5 heteroatoms. The number of ether oxygens (including phenoxy) is 1. The Morgan fingerprint density at radius 2 is 1.80 bits per heavy atom. The van der Waals surface area contributed by atoms with Crippen LogP contribution in [0.3, 0.4) is 0 Å². The number of piperazine rings is 1. The van der Waals surface area contributed by atoms with E-state index in [0.717, 1.165) is 39.0 Å². The monoisotopic (exact) mass is 283 g/mol. The van der Waals surface area contributed by atoms with E-state index in [4.69, 9.17) is 4.74 Å². The first-order chi connectivity index (χ1) is 9.33. The predicted octanol–water partition coefficient (Wildman–Crippen LogP) is 1.68. The predicted molar refractivity (Wildman–Crippen MR) is 79.9 cm³/mol. The number of carbonyl (C=O) groups excluding carboxylic acids is 1. The van der Waals surface area contributed by atoms with E-state index >= 15 is 0 Å². The Labute approximate surface area is 122 Å². The van der Waals surface area contributed by atoms with E-state index in [2.05, 4.69) is 22.2 Å². The molecule has 1 saturated carbocycles. The Bertz CT molecular complexity index is 333. The fourth-order valence-electron chi connectivity index (χ4n) is 3.08. The zero-order valence-corrected chi connectivity index (χ0v) is 13.3. The maximum Gasteiger partial charge on any atom is 0.407 e. The van der Waals surface area contributed by atoms with Crippen LogP contribution >= 0.6 is 0 Å². The van der Waals surface area contributed by atoms with Crippen molar-refractivity contribution in [2.45, 2.75) is 57.7 Å². The topological polar surface area (TPSA) is 44.8 Å². The van der Waals surface area contributed by atoms with Crippen molar-refractivity contribution < 1.29 is 9.53 Å². The number of likely N-dealkylation sites (N-methyl/N-ethyl adjacent to an activating group) is 1. The number of hydrogen-bond donors (Lipinski definition) is 1. The van der Waals surface area contributed by atoms with Crippen LogP contribution in [0.5, 0.6) is 0 Å². The van der Waals surface area contributed by atoms with E-state index in [9.17, 15) is 4.79 Å². The van der Waals surface area contributed by atoms with E-state index < -0.39 is 5.60 Å². The summed E-state index contributed by atoms with van der Waals surface area (Å²) < 4.78 is 5.32. The molecule has 1 heterocycles. The molecule has 0 aromatic heterocycles. The van der Waals surface area contributed by atoms with Crippen molar-refractivity contribution in [3.8, 4) is 0 Å². The van der Waals surface area contributed by atoms with E-state index in [0.29, 0.717) is 6.04 Å². The minimum atomic E-state index is -0.417. The van der Waals surface area contributed by atoms with E-state index in [1.807, 2.05) is 20.8 Å². The second kappa shape index (κ2) is 6.31. The average Bonchev–Trinajstić information content (AvgIpc) is 2.75. The normalized spacial score (nSPS) is 29.4. The van der Waals surface area contributed by atoms with Gasteiger partial charge in [-0.15, -0.1) is 0 Å². The van der Waals surface area contributed by atoms with Crippen molar-refractivity contribution in [2.24, 2.45) is 0 Å². The van der Waals surface area contributed by atoms with Crippen LogP contribution in [0.2, 0.25) is 0 Å². The summed E-state index contributed by atoms with van der Waals surface area (Å²) in [4.78, 5) is 16.7. The lowest BCUT2D eigenvalue weighted by Gasteiger charge is -2.36. The Kier molecular flexibility index (Phi) is 4.91. The van der Waals surface area contributed by atoms with Gasteiger partial charge in [-0.25, -0.2) is 4.79 Å². The highest BCUT2D eigenvalue weighted by Crippen LogP contribution is 2.25. The van der Waals surface area contributed by atoms with Gasteiger partial charge in [-0.05, 0) is 47.1 Å². The fourth-order valence-corrected chi connectivity index (χ4v) is 3.08. The first kappa shape index (κ1) is 15.6. The smallest absolute Gasteiger partial charge is 0.407 e. The first-order valence-corrected chi connectivity index (χ1v) is 7.75. The average molecular weight is 283 g/mol. The third-order valence-electron chi connectivity index (χ3n) is 4.18. The molecule has 2 fully saturated rings. The molecule has 0 radical (unpaired) electrons. The molecule has 20 heavy (non-hydrogen) atoms. The Morgan fingerprint density at radius 3 is 2.40 bits per heavy atom. The van der Waals surface area contributed by atoms with Gasteiger partial charge in [0.05, 0.1) is 0 Å². The summed E-state index contributed by atoms with van der Waals surface area (Å²) in [5.74, 6) is 0. The van der Waals surface area contributed by atoms with Gasteiger partial charge in [0.15, 0.2) is 0 Å². The van der Waals surface area contributed by atoms with Crippen LogP contribution in [0, 0.1) is 0 Å². The molecule has 1 saturated heterocycles. The summed E-state index contributed by atoms with van der Waals surface area (Å²) in [6.45, 7) is 10.3. The lowest BCUT2D eigenvalue weighted by atomic mass is 10.1. The number of rotatable bonds is 2. The zero-order valence-electron chi connectivity index (χ0n) is 13.3. The summed E-state index contributed by atoms with van der Waals surface area (Å²) in [7, 11) is 2.18. The molecule has 1 amide bonds. The van der Waals surface area contributed by atoms with Crippen LogP contribution < -0.4 is 5.32 Å². The standard InChI is InChI=1S/C15H29N3O2/c1-15(2,3)20-14(19)16-12-5-6-13(11-12)18-9-7-17(4)8-10-18/h12-13H,5-11H2,1-4H3,(H,16,19). The quantitative estimate of drug-likeness (QED) is 0.837. The van der Waals surface area contributed by atoms with Gasteiger partial charge in [0, 0.05) is 38.3 Å². The molecule has 2 aliphatic rings. The second-order valence-electron chi connectivity index (χ2n) is 7.15. The third kappa shape index (κ3) is 4.63. The number of nitrogens with zero attached hydrogens (tertiary/aromatic N) is 2. The number of nitrogens with one attached hydrogen (secondary N) is 1. The zero-order chi connectivity index (χ0) is 14.8. The van der Waals surface area contributed by atoms with E-state index in [-0.39, 0.29) is 12.1 Å². The summed E-state index contributed by atoms with van der Waals surface area (Å²) in [5.41, 5.74) is -0.417. The van der Waals surface area contributed by atoms with Gasteiger partial charge in [-0.3, -0.25) is 4.90 Å². The highest BCUT2D eigenvalue weighted by Gasteiger charge is 2.32. The van der Waals surface area contributed by atoms with Crippen LogP contribution in [0.25, 0.3) is 0 Å². The van der Waals surface area contributed by atoms with Crippen LogP contribution in [0.1, 0.15) is 40.0 Å². The fraction of sp³-hybridized carbons (Fsp3) is 0.933. The molecule has 116 valence electrons. The molecule has 0 aromatic carbocycles. The molecule has 2 rings (SSSR count). The minimum absolute atomic E-state index is 0.273. The number of carbonyl (C=O) groups is 1. The molecule has 0 aromatic rings. The lowest BCUT2D eigenvalue weighted by molar-refractivity contribution is 0.0501. The molecule has 0 spiro atoms. The van der Waals surface area contributed by atoms with Crippen LogP contribution in [-0.4, -0.2) is 66.8 Å². The maximum absolute atomic E-state index is 11.8. The van der Waals surface area contributed by atoms with Crippen molar-refractivity contribution >= 4 is 6.09 Å². The minimum Gasteiger partial charge on any atom is -0.444 e. The van der Waals surface area contributed by atoms with E-state index in [1.165, 1.54) is 6.42 Å². The van der Waals surface area contributed by atoms with Crippen LogP contribution in [0.15, 0.2) is 0 Å². The van der Waals surface area contributed by atoms with Gasteiger partial charge in [0.25, 0.3) is 0 Å². The van der Waals surface area contributed by atoms with Gasteiger partial charge in [-0.2, -0.15) is 0 Å². The van der Waals surface area contributed by atoms with Gasteiger partial charge in [0.1, 0.15) is 5.60 Å². The van der Waals surface area contributed by atoms with Gasteiger partial charge >= 0.3 is 6.09 Å². The number of amides is 1. The largest absolute Gasteiger partial charge is 0.444 e. The first-order valence-electron chi connectivity index (χ1n) is 7.75. The molecule has 2 unspecified atom stereocenters. The van der Waals surface area contributed by atoms with Crippen molar-refractivity contribution in [3.63, 3.8) is 0 Å². The van der Waals surface area contributed by atoms with Crippen LogP contribution in [-0.2, 0) is 4.74 Å². The summed E-state index contributed by atoms with van der Waals surface area (Å²) >= 11 is 0. The molecular formula is C15H29N3O2. The molecule has 1 N–H and O–H groups in total. The van der Waals surface area contributed by atoms with Crippen molar-refractivity contribution in [1.82, 2.24) is 15.1 Å². The number of hydrogen-bond acceptors (Lipinski definition) is 4. The third-order valence-corrected chi connectivity index (χ3v) is 4.18. The van der Waals surface area contributed by atoms with E-state index in [1.54, 1.807) is 0 Å². The summed E-state index contributed by atoms with van der Waals surface area (Å²) in [6.07, 6.45) is 3.03. The van der Waals surface area contributed by atoms with Crippen molar-refractivity contribution in [1.29, 1.82) is 0 Å². The van der Waals surface area contributed by atoms with Crippen molar-refractivity contribution in [2.75, 3.05) is 33.2 Å². The maximum atomic E-state index is 11.8. The van der Waals surface area contributed by atoms with Crippen molar-refractivity contribution in [3.05, 3.63) is 0 Å². The lowest BCUT2D eigenvalue weighted by Crippen LogP contribution is -2.48. The molecule has 1 aliphatic heterocycles. The Balaban J connectivity index is 1.74. The molecular weight excluding hydrogens is 254 g/mol. The molecule has 2 atom stereocenters. The number of alkyl carbamates (subject to hydrolysis) is 1. The van der Waals surface area contributed by atoms with Gasteiger partial charge in [-0.1, -0.05) is 0 Å². The highest BCUT2D eigenvalue weighted by molar-refractivity contribution is 5.68. The Hall–Kier alpha value is -0.810. The van der Waals surface area contributed by atoms with Crippen LogP contribution in [0.4, 0.5) is 4.79 Å². The highest BCUT2D eigenvalue weighted by atomic mass is 16.6. The Morgan fingerprint density at radius 1 is 1.15 bits per heavy atom. The molecule has 1 aliphatic carbocycles. The molecule has 5 nitrogen and oxygen atoms in total. The van der Waals surface area contributed by atoms with Gasteiger partial charge in [0.2, 0.25) is 0 Å². The molecule has 0 bridgehead atoms.